The second-order valence-corrected chi connectivity index (χ2v) is 5.59. The lowest BCUT2D eigenvalue weighted by atomic mass is 10.0. The number of nitrogens with two attached hydrogens (primary N) is 1. The molecule has 2 heterocycles. The molecule has 1 aliphatic rings. The van der Waals surface area contributed by atoms with Crippen LogP contribution >= 0.6 is 11.3 Å². The average Bonchev–Trinajstić information content (AvgIpc) is 2.87. The van der Waals surface area contributed by atoms with Crippen molar-refractivity contribution in [1.29, 1.82) is 0 Å². The number of rotatable bonds is 4. The van der Waals surface area contributed by atoms with Crippen LogP contribution in [0.25, 0.3) is 0 Å². The van der Waals surface area contributed by atoms with Gasteiger partial charge in [-0.1, -0.05) is 6.07 Å². The Bertz CT molecular complexity index is 557. The second kappa shape index (κ2) is 6.26. The minimum Gasteiger partial charge on any atom is -0.490 e. The molecule has 1 atom stereocenters. The minimum atomic E-state index is 0.0711. The van der Waals surface area contributed by atoms with Crippen LogP contribution in [0.1, 0.15) is 23.6 Å². The molecule has 1 aromatic carbocycles. The van der Waals surface area contributed by atoms with E-state index in [1.807, 2.05) is 18.2 Å². The van der Waals surface area contributed by atoms with Gasteiger partial charge in [-0.25, -0.2) is 0 Å². The summed E-state index contributed by atoms with van der Waals surface area (Å²) in [5.41, 5.74) is 5.28. The van der Waals surface area contributed by atoms with Crippen LogP contribution in [0.2, 0.25) is 0 Å². The number of ether oxygens (including phenoxy) is 2. The highest BCUT2D eigenvalue weighted by Crippen LogP contribution is 2.33. The lowest BCUT2D eigenvalue weighted by Gasteiger charge is -2.17. The first-order chi connectivity index (χ1) is 9.86. The Morgan fingerprint density at radius 3 is 2.80 bits per heavy atom. The lowest BCUT2D eigenvalue weighted by molar-refractivity contribution is 0.297. The smallest absolute Gasteiger partial charge is 0.161 e. The van der Waals surface area contributed by atoms with Gasteiger partial charge in [0.25, 0.3) is 0 Å². The number of hydrogen-bond donors (Lipinski definition) is 2. The van der Waals surface area contributed by atoms with Gasteiger partial charge in [0.1, 0.15) is 0 Å². The fourth-order valence-corrected chi connectivity index (χ4v) is 3.00. The molecule has 0 fully saturated rings. The van der Waals surface area contributed by atoms with Gasteiger partial charge in [-0.15, -0.1) is 0 Å². The molecule has 0 aliphatic carbocycles. The first-order valence-corrected chi connectivity index (χ1v) is 7.68. The number of benzene rings is 1. The molecule has 0 spiro atoms. The van der Waals surface area contributed by atoms with E-state index >= 15 is 0 Å². The van der Waals surface area contributed by atoms with Crippen LogP contribution in [0, 0.1) is 0 Å². The Morgan fingerprint density at radius 2 is 2.05 bits per heavy atom. The van der Waals surface area contributed by atoms with E-state index < -0.39 is 0 Å². The topological polar surface area (TPSA) is 56.5 Å². The Hall–Kier alpha value is -1.56. The third-order valence-corrected chi connectivity index (χ3v) is 4.13. The molecule has 4 nitrogen and oxygen atoms in total. The quantitative estimate of drug-likeness (QED) is 0.671. The van der Waals surface area contributed by atoms with Crippen molar-refractivity contribution in [3.05, 3.63) is 46.2 Å². The summed E-state index contributed by atoms with van der Waals surface area (Å²) in [5.74, 6) is 7.34. The largest absolute Gasteiger partial charge is 0.490 e. The van der Waals surface area contributed by atoms with Crippen molar-refractivity contribution in [1.82, 2.24) is 5.43 Å². The summed E-state index contributed by atoms with van der Waals surface area (Å²) >= 11 is 1.70. The van der Waals surface area contributed by atoms with Gasteiger partial charge in [-0.05, 0) is 46.5 Å². The van der Waals surface area contributed by atoms with E-state index in [4.69, 9.17) is 15.3 Å². The van der Waals surface area contributed by atoms with Crippen molar-refractivity contribution >= 4 is 11.3 Å². The van der Waals surface area contributed by atoms with Crippen molar-refractivity contribution in [2.75, 3.05) is 13.2 Å². The minimum absolute atomic E-state index is 0.0711. The maximum Gasteiger partial charge on any atom is 0.161 e. The van der Waals surface area contributed by atoms with Crippen molar-refractivity contribution in [2.24, 2.45) is 5.84 Å². The number of hydrogen-bond acceptors (Lipinski definition) is 5. The number of nitrogens with one attached hydrogen (secondary N) is 1. The van der Waals surface area contributed by atoms with E-state index in [9.17, 15) is 0 Å². The molecule has 0 amide bonds. The Balaban J connectivity index is 1.82. The number of fused-ring (bicyclic) bond motifs is 1. The maximum atomic E-state index is 5.73. The van der Waals surface area contributed by atoms with Crippen LogP contribution in [-0.2, 0) is 6.42 Å². The van der Waals surface area contributed by atoms with Gasteiger partial charge in [0.2, 0.25) is 0 Å². The SMILES string of the molecule is NNC(Cc1ccsc1)c1ccc2c(c1)OCCCO2. The molecular weight excluding hydrogens is 272 g/mol. The molecule has 0 saturated heterocycles. The molecule has 3 N–H and O–H groups in total. The number of thiophene rings is 1. The van der Waals surface area contributed by atoms with E-state index in [0.29, 0.717) is 13.2 Å². The zero-order valence-electron chi connectivity index (χ0n) is 11.2. The summed E-state index contributed by atoms with van der Waals surface area (Å²) < 4.78 is 11.4. The highest BCUT2D eigenvalue weighted by atomic mass is 32.1. The standard InChI is InChI=1S/C15H18N2O2S/c16-17-13(8-11-4-7-20-10-11)12-2-3-14-15(9-12)19-6-1-5-18-14/h2-4,7,9-10,13,17H,1,5-6,8,16H2. The molecule has 5 heteroatoms. The fraction of sp³-hybridized carbons (Fsp3) is 0.333. The summed E-state index contributed by atoms with van der Waals surface area (Å²) in [6.07, 6.45) is 1.77. The molecule has 3 rings (SSSR count). The summed E-state index contributed by atoms with van der Waals surface area (Å²) in [6, 6.07) is 8.23. The molecular formula is C15H18N2O2S. The van der Waals surface area contributed by atoms with Crippen molar-refractivity contribution in [2.45, 2.75) is 18.9 Å². The van der Waals surface area contributed by atoms with E-state index in [1.165, 1.54) is 5.56 Å². The van der Waals surface area contributed by atoms with Gasteiger partial charge in [-0.2, -0.15) is 11.3 Å². The van der Waals surface area contributed by atoms with E-state index in [2.05, 4.69) is 22.3 Å². The van der Waals surface area contributed by atoms with Crippen LogP contribution in [-0.4, -0.2) is 13.2 Å². The summed E-state index contributed by atoms with van der Waals surface area (Å²) in [6.45, 7) is 1.40. The predicted molar refractivity (Wildman–Crippen MR) is 80.1 cm³/mol. The molecule has 20 heavy (non-hydrogen) atoms. The van der Waals surface area contributed by atoms with E-state index in [0.717, 1.165) is 29.9 Å². The first kappa shape index (κ1) is 13.4. The van der Waals surface area contributed by atoms with Gasteiger partial charge in [0.05, 0.1) is 19.3 Å². The van der Waals surface area contributed by atoms with Crippen LogP contribution in [0.3, 0.4) is 0 Å². The van der Waals surface area contributed by atoms with E-state index in [-0.39, 0.29) is 6.04 Å². The molecule has 2 aromatic rings. The van der Waals surface area contributed by atoms with Gasteiger partial charge in [-0.3, -0.25) is 11.3 Å². The monoisotopic (exact) mass is 290 g/mol. The molecule has 0 bridgehead atoms. The third kappa shape index (κ3) is 2.95. The van der Waals surface area contributed by atoms with Crippen molar-refractivity contribution in [3.63, 3.8) is 0 Å². The molecule has 1 aliphatic heterocycles. The van der Waals surface area contributed by atoms with Gasteiger partial charge in [0, 0.05) is 6.42 Å². The first-order valence-electron chi connectivity index (χ1n) is 6.73. The van der Waals surface area contributed by atoms with Crippen LogP contribution in [0.5, 0.6) is 11.5 Å². The molecule has 0 radical (unpaired) electrons. The predicted octanol–water partition coefficient (Wildman–Crippen LogP) is 2.66. The summed E-state index contributed by atoms with van der Waals surface area (Å²) in [4.78, 5) is 0. The van der Waals surface area contributed by atoms with Crippen LogP contribution in [0.4, 0.5) is 0 Å². The Kier molecular flexibility index (Phi) is 4.20. The molecule has 1 aromatic heterocycles. The van der Waals surface area contributed by atoms with Crippen molar-refractivity contribution < 1.29 is 9.47 Å². The van der Waals surface area contributed by atoms with Crippen LogP contribution in [0.15, 0.2) is 35.0 Å². The maximum absolute atomic E-state index is 5.73. The zero-order valence-corrected chi connectivity index (χ0v) is 12.0. The Morgan fingerprint density at radius 1 is 1.20 bits per heavy atom. The van der Waals surface area contributed by atoms with Gasteiger partial charge < -0.3 is 9.47 Å². The average molecular weight is 290 g/mol. The highest BCUT2D eigenvalue weighted by molar-refractivity contribution is 7.07. The Labute approximate surface area is 122 Å². The number of hydrazine groups is 1. The molecule has 1 unspecified atom stereocenters. The van der Waals surface area contributed by atoms with Crippen LogP contribution < -0.4 is 20.7 Å². The lowest BCUT2D eigenvalue weighted by Crippen LogP contribution is -2.29. The van der Waals surface area contributed by atoms with Crippen molar-refractivity contribution in [3.8, 4) is 11.5 Å². The summed E-state index contributed by atoms with van der Waals surface area (Å²) in [7, 11) is 0. The fourth-order valence-electron chi connectivity index (χ4n) is 2.31. The molecule has 0 saturated carbocycles. The van der Waals surface area contributed by atoms with Gasteiger partial charge >= 0.3 is 0 Å². The highest BCUT2D eigenvalue weighted by Gasteiger charge is 2.16. The zero-order chi connectivity index (χ0) is 13.8. The van der Waals surface area contributed by atoms with Gasteiger partial charge in [0.15, 0.2) is 11.5 Å². The second-order valence-electron chi connectivity index (χ2n) is 4.81. The summed E-state index contributed by atoms with van der Waals surface area (Å²) in [5, 5.41) is 4.23. The third-order valence-electron chi connectivity index (χ3n) is 3.40. The van der Waals surface area contributed by atoms with E-state index in [1.54, 1.807) is 11.3 Å². The molecule has 106 valence electrons. The normalized spacial score (nSPS) is 15.7.